The average Bonchev–Trinajstić information content (AvgIpc) is 2.65. The van der Waals surface area contributed by atoms with E-state index in [9.17, 15) is 14.7 Å². The first kappa shape index (κ1) is 21.0. The Morgan fingerprint density at radius 1 is 1.18 bits per heavy atom. The summed E-state index contributed by atoms with van der Waals surface area (Å²) in [5, 5.41) is 19.6. The minimum Gasteiger partial charge on any atom is -0.479 e. The first-order valence-corrected chi connectivity index (χ1v) is 9.07. The Morgan fingerprint density at radius 3 is 2.36 bits per heavy atom. The van der Waals surface area contributed by atoms with E-state index in [0.29, 0.717) is 23.4 Å². The predicted octanol–water partition coefficient (Wildman–Crippen LogP) is 3.62. The number of amidine groups is 1. The molecule has 0 aromatic heterocycles. The van der Waals surface area contributed by atoms with Gasteiger partial charge in [0, 0.05) is 12.5 Å². The normalized spacial score (nSPS) is 11.5. The molecule has 28 heavy (non-hydrogen) atoms. The van der Waals surface area contributed by atoms with Crippen LogP contribution in [0.4, 0.5) is 5.69 Å². The summed E-state index contributed by atoms with van der Waals surface area (Å²) in [7, 11) is 0. The van der Waals surface area contributed by atoms with Gasteiger partial charge in [-0.05, 0) is 36.1 Å². The van der Waals surface area contributed by atoms with Crippen LogP contribution in [0.3, 0.4) is 0 Å². The van der Waals surface area contributed by atoms with Crippen LogP contribution in [0.5, 0.6) is 5.75 Å². The second-order valence-electron chi connectivity index (χ2n) is 6.47. The van der Waals surface area contributed by atoms with E-state index in [0.717, 1.165) is 24.0 Å². The van der Waals surface area contributed by atoms with Crippen molar-refractivity contribution in [3.63, 3.8) is 0 Å². The van der Waals surface area contributed by atoms with E-state index in [4.69, 9.17) is 15.9 Å². The molecule has 0 aliphatic carbocycles. The van der Waals surface area contributed by atoms with Crippen molar-refractivity contribution in [2.24, 2.45) is 5.73 Å². The Labute approximate surface area is 164 Å². The number of hydrogen-bond acceptors (Lipinski definition) is 4. The molecule has 0 aliphatic heterocycles. The standard InChI is InChI=1S/C21H25N3O4/c1-3-4-5-19(21(26)27)28-18-11-10-16(12-17(18)24-13(2)25)14-6-8-15(9-7-14)20(22)23/h6-12,19H,3-5H2,1-2H3,(H3,22,23)(H,24,25)(H,26,27). The fraction of sp³-hybridized carbons (Fsp3) is 0.286. The third kappa shape index (κ3) is 5.57. The van der Waals surface area contributed by atoms with Gasteiger partial charge in [0.15, 0.2) is 6.10 Å². The van der Waals surface area contributed by atoms with Crippen molar-refractivity contribution >= 4 is 23.4 Å². The van der Waals surface area contributed by atoms with E-state index >= 15 is 0 Å². The molecule has 0 saturated carbocycles. The molecule has 0 fully saturated rings. The smallest absolute Gasteiger partial charge is 0.344 e. The molecule has 5 N–H and O–H groups in total. The van der Waals surface area contributed by atoms with Gasteiger partial charge in [0.2, 0.25) is 5.91 Å². The highest BCUT2D eigenvalue weighted by Crippen LogP contribution is 2.32. The summed E-state index contributed by atoms with van der Waals surface area (Å²) in [6, 6.07) is 12.3. The Morgan fingerprint density at radius 2 is 1.82 bits per heavy atom. The van der Waals surface area contributed by atoms with Crippen LogP contribution in [0.15, 0.2) is 42.5 Å². The van der Waals surface area contributed by atoms with Gasteiger partial charge < -0.3 is 20.9 Å². The molecule has 7 heteroatoms. The van der Waals surface area contributed by atoms with Crippen molar-refractivity contribution in [1.29, 1.82) is 5.41 Å². The van der Waals surface area contributed by atoms with Gasteiger partial charge in [0.25, 0.3) is 0 Å². The molecule has 0 saturated heterocycles. The number of anilines is 1. The highest BCUT2D eigenvalue weighted by Gasteiger charge is 2.21. The lowest BCUT2D eigenvalue weighted by molar-refractivity contribution is -0.145. The van der Waals surface area contributed by atoms with Crippen LogP contribution in [0.1, 0.15) is 38.7 Å². The van der Waals surface area contributed by atoms with Gasteiger partial charge in [0.05, 0.1) is 5.69 Å². The number of nitrogen functional groups attached to an aromatic ring is 1. The molecule has 0 radical (unpaired) electrons. The lowest BCUT2D eigenvalue weighted by Gasteiger charge is -2.18. The Hall–Kier alpha value is -3.35. The SMILES string of the molecule is CCCCC(Oc1ccc(-c2ccc(C(=N)N)cc2)cc1NC(C)=O)C(=O)O. The molecule has 7 nitrogen and oxygen atoms in total. The molecule has 1 amide bonds. The van der Waals surface area contributed by atoms with Gasteiger partial charge >= 0.3 is 5.97 Å². The number of carbonyl (C=O) groups is 2. The molecular weight excluding hydrogens is 358 g/mol. The van der Waals surface area contributed by atoms with Crippen LogP contribution < -0.4 is 15.8 Å². The van der Waals surface area contributed by atoms with Crippen LogP contribution >= 0.6 is 0 Å². The number of rotatable bonds is 9. The van der Waals surface area contributed by atoms with Crippen molar-refractivity contribution in [2.75, 3.05) is 5.32 Å². The number of carboxylic acids is 1. The third-order valence-corrected chi connectivity index (χ3v) is 4.18. The Bertz CT molecular complexity index is 862. The minimum atomic E-state index is -1.04. The largest absolute Gasteiger partial charge is 0.479 e. The quantitative estimate of drug-likeness (QED) is 0.389. The van der Waals surface area contributed by atoms with Crippen molar-refractivity contribution in [3.05, 3.63) is 48.0 Å². The highest BCUT2D eigenvalue weighted by atomic mass is 16.5. The van der Waals surface area contributed by atoms with Crippen LogP contribution in [-0.2, 0) is 9.59 Å². The first-order valence-electron chi connectivity index (χ1n) is 9.07. The maximum absolute atomic E-state index is 11.6. The van der Waals surface area contributed by atoms with Crippen LogP contribution in [0.2, 0.25) is 0 Å². The number of carboxylic acid groups (broad SMARTS) is 1. The van der Waals surface area contributed by atoms with E-state index < -0.39 is 12.1 Å². The summed E-state index contributed by atoms with van der Waals surface area (Å²) in [5.41, 5.74) is 8.18. The van der Waals surface area contributed by atoms with Crippen molar-refractivity contribution in [2.45, 2.75) is 39.2 Å². The van der Waals surface area contributed by atoms with E-state index in [2.05, 4.69) is 5.32 Å². The molecule has 1 atom stereocenters. The molecule has 0 bridgehead atoms. The summed E-state index contributed by atoms with van der Waals surface area (Å²) in [4.78, 5) is 23.1. The topological polar surface area (TPSA) is 125 Å². The fourth-order valence-corrected chi connectivity index (χ4v) is 2.72. The molecule has 2 aromatic rings. The third-order valence-electron chi connectivity index (χ3n) is 4.18. The number of unbranched alkanes of at least 4 members (excludes halogenated alkanes) is 1. The van der Waals surface area contributed by atoms with Crippen LogP contribution in [0.25, 0.3) is 11.1 Å². The summed E-state index contributed by atoms with van der Waals surface area (Å²) < 4.78 is 5.69. The molecular formula is C21H25N3O4. The molecule has 148 valence electrons. The maximum Gasteiger partial charge on any atom is 0.344 e. The highest BCUT2D eigenvalue weighted by molar-refractivity contribution is 5.95. The summed E-state index contributed by atoms with van der Waals surface area (Å²) in [6.45, 7) is 3.36. The van der Waals surface area contributed by atoms with Gasteiger partial charge in [-0.1, -0.05) is 43.7 Å². The Balaban J connectivity index is 2.35. The summed E-state index contributed by atoms with van der Waals surface area (Å²) >= 11 is 0. The van der Waals surface area contributed by atoms with Crippen molar-refractivity contribution in [3.8, 4) is 16.9 Å². The monoisotopic (exact) mass is 383 g/mol. The minimum absolute atomic E-state index is 0.0129. The molecule has 2 aromatic carbocycles. The van der Waals surface area contributed by atoms with E-state index in [-0.39, 0.29) is 11.7 Å². The molecule has 2 rings (SSSR count). The number of carbonyl (C=O) groups excluding carboxylic acids is 1. The molecule has 0 aliphatic rings. The van der Waals surface area contributed by atoms with Crippen LogP contribution in [0, 0.1) is 5.41 Å². The zero-order chi connectivity index (χ0) is 20.7. The second kappa shape index (κ2) is 9.55. The molecule has 1 unspecified atom stereocenters. The predicted molar refractivity (Wildman–Crippen MR) is 109 cm³/mol. The number of amides is 1. The van der Waals surface area contributed by atoms with Gasteiger partial charge in [-0.25, -0.2) is 4.79 Å². The van der Waals surface area contributed by atoms with Crippen molar-refractivity contribution in [1.82, 2.24) is 0 Å². The second-order valence-corrected chi connectivity index (χ2v) is 6.47. The fourth-order valence-electron chi connectivity index (χ4n) is 2.72. The first-order chi connectivity index (χ1) is 13.3. The summed E-state index contributed by atoms with van der Waals surface area (Å²) in [5.74, 6) is -1.02. The number of ether oxygens (including phenoxy) is 1. The van der Waals surface area contributed by atoms with Gasteiger partial charge in [0.1, 0.15) is 11.6 Å². The van der Waals surface area contributed by atoms with Gasteiger partial charge in [-0.3, -0.25) is 10.2 Å². The number of nitrogens with two attached hydrogens (primary N) is 1. The van der Waals surface area contributed by atoms with Crippen LogP contribution in [-0.4, -0.2) is 28.9 Å². The zero-order valence-corrected chi connectivity index (χ0v) is 16.0. The van der Waals surface area contributed by atoms with Crippen molar-refractivity contribution < 1.29 is 19.4 Å². The average molecular weight is 383 g/mol. The Kier molecular flexibility index (Phi) is 7.14. The molecule has 0 heterocycles. The van der Waals surface area contributed by atoms with Gasteiger partial charge in [-0.15, -0.1) is 0 Å². The number of nitrogens with one attached hydrogen (secondary N) is 2. The van der Waals surface area contributed by atoms with Gasteiger partial charge in [-0.2, -0.15) is 0 Å². The molecule has 0 spiro atoms. The van der Waals surface area contributed by atoms with E-state index in [1.807, 2.05) is 19.1 Å². The summed E-state index contributed by atoms with van der Waals surface area (Å²) in [6.07, 6.45) is 1.00. The zero-order valence-electron chi connectivity index (χ0n) is 16.0. The number of benzene rings is 2. The van der Waals surface area contributed by atoms with E-state index in [1.54, 1.807) is 30.3 Å². The van der Waals surface area contributed by atoms with E-state index in [1.165, 1.54) is 6.92 Å². The lowest BCUT2D eigenvalue weighted by atomic mass is 10.0. The number of aliphatic carboxylic acids is 1. The number of hydrogen-bond donors (Lipinski definition) is 4. The maximum atomic E-state index is 11.6. The lowest BCUT2D eigenvalue weighted by Crippen LogP contribution is -2.27.